The number of thiazole rings is 1. The van der Waals surface area contributed by atoms with E-state index in [9.17, 15) is 4.79 Å². The third kappa shape index (κ3) is 3.29. The number of aryl methyl sites for hydroxylation is 1. The SMILES string of the molecule is CCCNC1CCCN(Cc2ncc(C)s2)C1=O. The first-order valence-electron chi connectivity index (χ1n) is 6.64. The van der Waals surface area contributed by atoms with Gasteiger partial charge < -0.3 is 10.2 Å². The van der Waals surface area contributed by atoms with Crippen molar-refractivity contribution in [3.63, 3.8) is 0 Å². The molecule has 1 aliphatic rings. The van der Waals surface area contributed by atoms with E-state index < -0.39 is 0 Å². The maximum Gasteiger partial charge on any atom is 0.240 e. The molecular weight excluding hydrogens is 246 g/mol. The Kier molecular flexibility index (Phi) is 4.72. The number of hydrogen-bond donors (Lipinski definition) is 1. The van der Waals surface area contributed by atoms with Gasteiger partial charge in [-0.05, 0) is 32.7 Å². The van der Waals surface area contributed by atoms with Crippen molar-refractivity contribution in [3.8, 4) is 0 Å². The average molecular weight is 267 g/mol. The van der Waals surface area contributed by atoms with Crippen molar-refractivity contribution < 1.29 is 4.79 Å². The molecule has 0 aromatic carbocycles. The van der Waals surface area contributed by atoms with Crippen molar-refractivity contribution in [2.75, 3.05) is 13.1 Å². The van der Waals surface area contributed by atoms with E-state index >= 15 is 0 Å². The van der Waals surface area contributed by atoms with Crippen LogP contribution in [0.2, 0.25) is 0 Å². The lowest BCUT2D eigenvalue weighted by Gasteiger charge is -2.32. The summed E-state index contributed by atoms with van der Waals surface area (Å²) in [4.78, 5) is 19.8. The average Bonchev–Trinajstić information content (AvgIpc) is 2.76. The molecule has 2 rings (SSSR count). The van der Waals surface area contributed by atoms with Gasteiger partial charge in [-0.15, -0.1) is 11.3 Å². The number of aromatic nitrogens is 1. The van der Waals surface area contributed by atoms with E-state index in [2.05, 4.69) is 17.2 Å². The Morgan fingerprint density at radius 2 is 2.44 bits per heavy atom. The lowest BCUT2D eigenvalue weighted by molar-refractivity contribution is -0.136. The number of carbonyl (C=O) groups is 1. The highest BCUT2D eigenvalue weighted by atomic mass is 32.1. The molecule has 0 spiro atoms. The van der Waals surface area contributed by atoms with E-state index in [0.717, 1.165) is 37.4 Å². The number of carbonyl (C=O) groups excluding carboxylic acids is 1. The molecule has 100 valence electrons. The fourth-order valence-corrected chi connectivity index (χ4v) is 3.05. The van der Waals surface area contributed by atoms with Gasteiger partial charge in [-0.2, -0.15) is 0 Å². The number of piperidine rings is 1. The van der Waals surface area contributed by atoms with E-state index in [4.69, 9.17) is 0 Å². The van der Waals surface area contributed by atoms with Crippen molar-refractivity contribution in [2.24, 2.45) is 0 Å². The second-order valence-corrected chi connectivity index (χ2v) is 6.09. The molecule has 1 fully saturated rings. The number of nitrogens with one attached hydrogen (secondary N) is 1. The van der Waals surface area contributed by atoms with Gasteiger partial charge in [0.2, 0.25) is 5.91 Å². The fourth-order valence-electron chi connectivity index (χ4n) is 2.24. The molecular formula is C13H21N3OS. The molecule has 0 aliphatic carbocycles. The molecule has 1 saturated heterocycles. The zero-order valence-electron chi connectivity index (χ0n) is 11.1. The minimum absolute atomic E-state index is 0.0137. The summed E-state index contributed by atoms with van der Waals surface area (Å²) in [6.45, 7) is 6.62. The number of rotatable bonds is 5. The van der Waals surface area contributed by atoms with E-state index in [1.54, 1.807) is 11.3 Å². The molecule has 4 nitrogen and oxygen atoms in total. The predicted molar refractivity (Wildman–Crippen MR) is 73.6 cm³/mol. The highest BCUT2D eigenvalue weighted by Crippen LogP contribution is 2.18. The first-order valence-corrected chi connectivity index (χ1v) is 7.46. The molecule has 18 heavy (non-hydrogen) atoms. The van der Waals surface area contributed by atoms with Crippen LogP contribution in [-0.2, 0) is 11.3 Å². The number of hydrogen-bond acceptors (Lipinski definition) is 4. The molecule has 1 amide bonds. The van der Waals surface area contributed by atoms with Gasteiger partial charge in [-0.1, -0.05) is 6.92 Å². The maximum atomic E-state index is 12.3. The first-order chi connectivity index (χ1) is 8.70. The molecule has 0 bridgehead atoms. The van der Waals surface area contributed by atoms with Gasteiger partial charge in [-0.25, -0.2) is 4.98 Å². The summed E-state index contributed by atoms with van der Waals surface area (Å²) in [7, 11) is 0. The molecule has 0 saturated carbocycles. The number of likely N-dealkylation sites (tertiary alicyclic amines) is 1. The van der Waals surface area contributed by atoms with Crippen molar-refractivity contribution in [2.45, 2.75) is 45.7 Å². The minimum atomic E-state index is 0.0137. The lowest BCUT2D eigenvalue weighted by Crippen LogP contribution is -2.50. The third-order valence-corrected chi connectivity index (χ3v) is 4.06. The third-order valence-electron chi connectivity index (χ3n) is 3.17. The van der Waals surface area contributed by atoms with Crippen molar-refractivity contribution in [3.05, 3.63) is 16.1 Å². The topological polar surface area (TPSA) is 45.2 Å². The Morgan fingerprint density at radius 3 is 3.11 bits per heavy atom. The van der Waals surface area contributed by atoms with Crippen LogP contribution in [0.3, 0.4) is 0 Å². The molecule has 1 atom stereocenters. The Morgan fingerprint density at radius 1 is 1.61 bits per heavy atom. The van der Waals surface area contributed by atoms with Crippen LogP contribution in [0.1, 0.15) is 36.1 Å². The van der Waals surface area contributed by atoms with Crippen molar-refractivity contribution >= 4 is 17.2 Å². The summed E-state index contributed by atoms with van der Waals surface area (Å²) in [5.41, 5.74) is 0. The van der Waals surface area contributed by atoms with Crippen molar-refractivity contribution in [1.82, 2.24) is 15.2 Å². The number of amides is 1. The highest BCUT2D eigenvalue weighted by molar-refractivity contribution is 7.11. The molecule has 1 aliphatic heterocycles. The molecule has 0 radical (unpaired) electrons. The molecule has 5 heteroatoms. The fraction of sp³-hybridized carbons (Fsp3) is 0.692. The monoisotopic (exact) mass is 267 g/mol. The zero-order chi connectivity index (χ0) is 13.0. The molecule has 2 heterocycles. The Balaban J connectivity index is 1.93. The van der Waals surface area contributed by atoms with Crippen LogP contribution in [0.4, 0.5) is 0 Å². The maximum absolute atomic E-state index is 12.3. The van der Waals surface area contributed by atoms with Gasteiger partial charge in [-0.3, -0.25) is 4.79 Å². The van der Waals surface area contributed by atoms with E-state index in [1.807, 2.05) is 18.0 Å². The summed E-state index contributed by atoms with van der Waals surface area (Å²) in [5, 5.41) is 4.37. The zero-order valence-corrected chi connectivity index (χ0v) is 11.9. The van der Waals surface area contributed by atoms with Crippen molar-refractivity contribution in [1.29, 1.82) is 0 Å². The van der Waals surface area contributed by atoms with Gasteiger partial charge in [0.05, 0.1) is 12.6 Å². The summed E-state index contributed by atoms with van der Waals surface area (Å²) in [6, 6.07) is 0.0137. The largest absolute Gasteiger partial charge is 0.335 e. The van der Waals surface area contributed by atoms with Crippen LogP contribution in [-0.4, -0.2) is 34.9 Å². The number of nitrogens with zero attached hydrogens (tertiary/aromatic N) is 2. The highest BCUT2D eigenvalue weighted by Gasteiger charge is 2.28. The van der Waals surface area contributed by atoms with E-state index in [1.165, 1.54) is 4.88 Å². The van der Waals surface area contributed by atoms with Gasteiger partial charge in [0.15, 0.2) is 0 Å². The lowest BCUT2D eigenvalue weighted by atomic mass is 10.0. The normalized spacial score (nSPS) is 20.4. The van der Waals surface area contributed by atoms with Crippen LogP contribution < -0.4 is 5.32 Å². The Labute approximate surface area is 112 Å². The summed E-state index contributed by atoms with van der Waals surface area (Å²) in [5.74, 6) is 0.238. The minimum Gasteiger partial charge on any atom is -0.335 e. The van der Waals surface area contributed by atoms with E-state index in [0.29, 0.717) is 6.54 Å². The second kappa shape index (κ2) is 6.29. The van der Waals surface area contributed by atoms with Crippen LogP contribution >= 0.6 is 11.3 Å². The van der Waals surface area contributed by atoms with E-state index in [-0.39, 0.29) is 11.9 Å². The van der Waals surface area contributed by atoms with Crippen LogP contribution in [0.5, 0.6) is 0 Å². The molecule has 1 aromatic heterocycles. The van der Waals surface area contributed by atoms with Gasteiger partial charge in [0.25, 0.3) is 0 Å². The second-order valence-electron chi connectivity index (χ2n) is 4.77. The smallest absolute Gasteiger partial charge is 0.240 e. The standard InChI is InChI=1S/C13H21N3OS/c1-3-6-14-11-5-4-7-16(13(11)17)9-12-15-8-10(2)18-12/h8,11,14H,3-7,9H2,1-2H3. The molecule has 1 unspecified atom stereocenters. The molecule has 1 aromatic rings. The summed E-state index contributed by atoms with van der Waals surface area (Å²) >= 11 is 1.68. The van der Waals surface area contributed by atoms with Crippen LogP contribution in [0.15, 0.2) is 6.20 Å². The summed E-state index contributed by atoms with van der Waals surface area (Å²) in [6.07, 6.45) is 4.99. The van der Waals surface area contributed by atoms with Gasteiger partial charge in [0.1, 0.15) is 5.01 Å². The Bertz CT molecular complexity index is 405. The predicted octanol–water partition coefficient (Wildman–Crippen LogP) is 1.94. The van der Waals surface area contributed by atoms with Gasteiger partial charge in [0, 0.05) is 17.6 Å². The Hall–Kier alpha value is -0.940. The van der Waals surface area contributed by atoms with Crippen LogP contribution in [0.25, 0.3) is 0 Å². The first kappa shape index (κ1) is 13.5. The van der Waals surface area contributed by atoms with Gasteiger partial charge >= 0.3 is 0 Å². The van der Waals surface area contributed by atoms with Crippen LogP contribution in [0, 0.1) is 6.92 Å². The summed E-state index contributed by atoms with van der Waals surface area (Å²) < 4.78 is 0. The molecule has 1 N–H and O–H groups in total. The quantitative estimate of drug-likeness (QED) is 0.887.